The predicted octanol–water partition coefficient (Wildman–Crippen LogP) is 3.23. The molecule has 2 aromatic rings. The van der Waals surface area contributed by atoms with E-state index in [-0.39, 0.29) is 5.41 Å². The van der Waals surface area contributed by atoms with E-state index in [1.54, 1.807) is 0 Å². The van der Waals surface area contributed by atoms with Gasteiger partial charge in [0.15, 0.2) is 0 Å². The molecule has 0 radical (unpaired) electrons. The summed E-state index contributed by atoms with van der Waals surface area (Å²) in [5, 5.41) is 7.80. The van der Waals surface area contributed by atoms with Crippen LogP contribution in [-0.2, 0) is 12.0 Å². The molecule has 108 valence electrons. The molecular formula is C17H25N3. The summed E-state index contributed by atoms with van der Waals surface area (Å²) in [5.41, 5.74) is 1.60. The van der Waals surface area contributed by atoms with Crippen molar-refractivity contribution in [1.29, 1.82) is 0 Å². The first-order valence-corrected chi connectivity index (χ1v) is 7.34. The topological polar surface area (TPSA) is 29.9 Å². The van der Waals surface area contributed by atoms with E-state index in [1.807, 2.05) is 23.1 Å². The van der Waals surface area contributed by atoms with Crippen LogP contribution in [0.3, 0.4) is 0 Å². The van der Waals surface area contributed by atoms with Crippen molar-refractivity contribution in [3.8, 4) is 0 Å². The van der Waals surface area contributed by atoms with Gasteiger partial charge in [-0.25, -0.2) is 0 Å². The first-order chi connectivity index (χ1) is 9.58. The first kappa shape index (κ1) is 14.8. The fourth-order valence-corrected chi connectivity index (χ4v) is 2.70. The van der Waals surface area contributed by atoms with E-state index in [2.05, 4.69) is 61.5 Å². The monoisotopic (exact) mass is 271 g/mol. The highest BCUT2D eigenvalue weighted by Gasteiger charge is 2.22. The Morgan fingerprint density at radius 3 is 2.60 bits per heavy atom. The summed E-state index contributed by atoms with van der Waals surface area (Å²) >= 11 is 0. The third-order valence-corrected chi connectivity index (χ3v) is 3.76. The van der Waals surface area contributed by atoms with E-state index >= 15 is 0 Å². The van der Waals surface area contributed by atoms with Gasteiger partial charge in [0.2, 0.25) is 0 Å². The van der Waals surface area contributed by atoms with Crippen LogP contribution in [0.15, 0.2) is 48.8 Å². The van der Waals surface area contributed by atoms with E-state index in [1.165, 1.54) is 5.56 Å². The third kappa shape index (κ3) is 4.20. The summed E-state index contributed by atoms with van der Waals surface area (Å²) in [7, 11) is 0. The van der Waals surface area contributed by atoms with Crippen LogP contribution in [0.25, 0.3) is 0 Å². The Labute approximate surface area is 122 Å². The molecule has 0 saturated carbocycles. The lowest BCUT2D eigenvalue weighted by molar-refractivity contribution is 0.381. The molecular weight excluding hydrogens is 246 g/mol. The minimum atomic E-state index is 0.194. The van der Waals surface area contributed by atoms with Crippen molar-refractivity contribution in [1.82, 2.24) is 15.1 Å². The Hall–Kier alpha value is -1.61. The van der Waals surface area contributed by atoms with Crippen LogP contribution < -0.4 is 5.32 Å². The van der Waals surface area contributed by atoms with E-state index in [0.717, 1.165) is 19.5 Å². The van der Waals surface area contributed by atoms with Crippen molar-refractivity contribution in [2.24, 2.45) is 0 Å². The highest BCUT2D eigenvalue weighted by Crippen LogP contribution is 2.27. The zero-order valence-electron chi connectivity index (χ0n) is 12.7. The van der Waals surface area contributed by atoms with Gasteiger partial charge in [-0.2, -0.15) is 5.10 Å². The lowest BCUT2D eigenvalue weighted by Crippen LogP contribution is -2.35. The highest BCUT2D eigenvalue weighted by atomic mass is 15.3. The largest absolute Gasteiger partial charge is 0.312 e. The van der Waals surface area contributed by atoms with Crippen LogP contribution in [0, 0.1) is 0 Å². The molecule has 0 fully saturated rings. The van der Waals surface area contributed by atoms with Crippen molar-refractivity contribution in [3.05, 3.63) is 54.4 Å². The quantitative estimate of drug-likeness (QED) is 0.838. The maximum atomic E-state index is 4.21. The fraction of sp³-hybridized carbons (Fsp3) is 0.471. The SMILES string of the molecule is CC(CC(C)(C)c1ccccc1)NCCn1cccn1. The van der Waals surface area contributed by atoms with E-state index in [4.69, 9.17) is 0 Å². The Bertz CT molecular complexity index is 488. The molecule has 2 rings (SSSR count). The second-order valence-corrected chi connectivity index (χ2v) is 6.08. The third-order valence-electron chi connectivity index (χ3n) is 3.76. The molecule has 0 spiro atoms. The van der Waals surface area contributed by atoms with Crippen LogP contribution in [0.5, 0.6) is 0 Å². The molecule has 0 bridgehead atoms. The van der Waals surface area contributed by atoms with Gasteiger partial charge >= 0.3 is 0 Å². The number of rotatable bonds is 7. The predicted molar refractivity (Wildman–Crippen MR) is 83.8 cm³/mol. The van der Waals surface area contributed by atoms with Crippen LogP contribution in [0.2, 0.25) is 0 Å². The van der Waals surface area contributed by atoms with Crippen molar-refractivity contribution in [2.45, 2.75) is 45.2 Å². The Morgan fingerprint density at radius 1 is 1.20 bits per heavy atom. The molecule has 20 heavy (non-hydrogen) atoms. The van der Waals surface area contributed by atoms with Crippen molar-refractivity contribution in [3.63, 3.8) is 0 Å². The van der Waals surface area contributed by atoms with Crippen LogP contribution in [0.4, 0.5) is 0 Å². The van der Waals surface area contributed by atoms with Crippen LogP contribution in [0.1, 0.15) is 32.8 Å². The van der Waals surface area contributed by atoms with Gasteiger partial charge in [0.25, 0.3) is 0 Å². The summed E-state index contributed by atoms with van der Waals surface area (Å²) in [6.07, 6.45) is 4.94. The lowest BCUT2D eigenvalue weighted by Gasteiger charge is -2.29. The molecule has 0 saturated heterocycles. The molecule has 0 aliphatic heterocycles. The lowest BCUT2D eigenvalue weighted by atomic mass is 9.79. The zero-order chi connectivity index (χ0) is 14.4. The van der Waals surface area contributed by atoms with Gasteiger partial charge in [-0.15, -0.1) is 0 Å². The molecule has 1 atom stereocenters. The number of benzene rings is 1. The molecule has 1 N–H and O–H groups in total. The smallest absolute Gasteiger partial charge is 0.0534 e. The van der Waals surface area contributed by atoms with Crippen molar-refractivity contribution >= 4 is 0 Å². The average Bonchev–Trinajstić information content (AvgIpc) is 2.92. The van der Waals surface area contributed by atoms with Gasteiger partial charge in [-0.3, -0.25) is 4.68 Å². The summed E-state index contributed by atoms with van der Waals surface area (Å²) < 4.78 is 1.96. The number of aromatic nitrogens is 2. The summed E-state index contributed by atoms with van der Waals surface area (Å²) in [5.74, 6) is 0. The van der Waals surface area contributed by atoms with Gasteiger partial charge < -0.3 is 5.32 Å². The molecule has 3 heteroatoms. The number of hydrogen-bond donors (Lipinski definition) is 1. The second-order valence-electron chi connectivity index (χ2n) is 6.08. The fourth-order valence-electron chi connectivity index (χ4n) is 2.70. The molecule has 1 unspecified atom stereocenters. The summed E-state index contributed by atoms with van der Waals surface area (Å²) in [4.78, 5) is 0. The highest BCUT2D eigenvalue weighted by molar-refractivity contribution is 5.23. The molecule has 1 heterocycles. The van der Waals surface area contributed by atoms with Gasteiger partial charge in [0, 0.05) is 25.0 Å². The summed E-state index contributed by atoms with van der Waals surface area (Å²) in [6.45, 7) is 8.76. The average molecular weight is 271 g/mol. The van der Waals surface area contributed by atoms with Gasteiger partial charge in [-0.05, 0) is 30.4 Å². The Morgan fingerprint density at radius 2 is 1.95 bits per heavy atom. The molecule has 0 amide bonds. The van der Waals surface area contributed by atoms with E-state index in [9.17, 15) is 0 Å². The van der Waals surface area contributed by atoms with Gasteiger partial charge in [0.1, 0.15) is 0 Å². The van der Waals surface area contributed by atoms with Crippen LogP contribution in [-0.4, -0.2) is 22.4 Å². The standard InChI is InChI=1S/C17H25N3/c1-15(18-11-13-20-12-7-10-19-20)14-17(2,3)16-8-5-4-6-9-16/h4-10,12,15,18H,11,13-14H2,1-3H3. The molecule has 1 aromatic carbocycles. The maximum absolute atomic E-state index is 4.21. The minimum Gasteiger partial charge on any atom is -0.312 e. The Balaban J connectivity index is 1.80. The maximum Gasteiger partial charge on any atom is 0.0534 e. The minimum absolute atomic E-state index is 0.194. The summed E-state index contributed by atoms with van der Waals surface area (Å²) in [6, 6.07) is 13.2. The van der Waals surface area contributed by atoms with E-state index in [0.29, 0.717) is 6.04 Å². The zero-order valence-corrected chi connectivity index (χ0v) is 12.7. The molecule has 1 aromatic heterocycles. The number of hydrogen-bond acceptors (Lipinski definition) is 2. The molecule has 0 aliphatic rings. The normalized spacial score (nSPS) is 13.3. The Kier molecular flexibility index (Phi) is 4.96. The van der Waals surface area contributed by atoms with Crippen molar-refractivity contribution in [2.75, 3.05) is 6.54 Å². The first-order valence-electron chi connectivity index (χ1n) is 7.34. The van der Waals surface area contributed by atoms with Crippen molar-refractivity contribution < 1.29 is 0 Å². The number of nitrogens with one attached hydrogen (secondary N) is 1. The van der Waals surface area contributed by atoms with Gasteiger partial charge in [0.05, 0.1) is 6.54 Å². The van der Waals surface area contributed by atoms with Gasteiger partial charge in [-0.1, -0.05) is 44.2 Å². The second kappa shape index (κ2) is 6.71. The van der Waals surface area contributed by atoms with Crippen LogP contribution >= 0.6 is 0 Å². The van der Waals surface area contributed by atoms with E-state index < -0.39 is 0 Å². The molecule has 0 aliphatic carbocycles. The number of nitrogens with zero attached hydrogens (tertiary/aromatic N) is 2. The molecule has 3 nitrogen and oxygen atoms in total.